The largest absolute Gasteiger partial charge is 0.481 e. The van der Waals surface area contributed by atoms with E-state index in [2.05, 4.69) is 75.4 Å². The predicted octanol–water partition coefficient (Wildman–Crippen LogP) is 7.24. The number of thiazole rings is 1. The van der Waals surface area contributed by atoms with Crippen molar-refractivity contribution in [2.45, 2.75) is 70.1 Å². The molecule has 4 aromatic rings. The summed E-state index contributed by atoms with van der Waals surface area (Å²) in [7, 11) is -2.98. The van der Waals surface area contributed by atoms with Crippen LogP contribution in [-0.4, -0.2) is 41.4 Å². The Balaban J connectivity index is 1.54. The van der Waals surface area contributed by atoms with Gasteiger partial charge in [0, 0.05) is 24.7 Å². The Kier molecular flexibility index (Phi) is 10.8. The van der Waals surface area contributed by atoms with Crippen molar-refractivity contribution >= 4 is 52.0 Å². The van der Waals surface area contributed by atoms with Crippen molar-refractivity contribution in [2.24, 2.45) is 11.8 Å². The number of hydrogen-bond donors (Lipinski definition) is 2. The summed E-state index contributed by atoms with van der Waals surface area (Å²) in [5.41, 5.74) is 0.911. The molecule has 0 amide bonds. The van der Waals surface area contributed by atoms with Crippen molar-refractivity contribution in [3.63, 3.8) is 0 Å². The van der Waals surface area contributed by atoms with Crippen molar-refractivity contribution in [3.8, 4) is 0 Å². The van der Waals surface area contributed by atoms with Crippen LogP contribution in [-0.2, 0) is 14.0 Å². The van der Waals surface area contributed by atoms with Gasteiger partial charge in [-0.2, -0.15) is 0 Å². The Labute approximate surface area is 276 Å². The maximum absolute atomic E-state index is 13.0. The molecule has 0 saturated heterocycles. The third-order valence-electron chi connectivity index (χ3n) is 8.83. The molecule has 0 spiro atoms. The summed E-state index contributed by atoms with van der Waals surface area (Å²) in [5, 5.41) is 22.8. The molecule has 3 aromatic carbocycles. The van der Waals surface area contributed by atoms with Gasteiger partial charge in [0.1, 0.15) is 16.9 Å². The summed E-state index contributed by atoms with van der Waals surface area (Å²) in [6, 6.07) is 29.1. The summed E-state index contributed by atoms with van der Waals surface area (Å²) in [4.78, 5) is 28.9. The average Bonchev–Trinajstić information content (AvgIpc) is 3.58. The number of rotatable bonds is 13. The van der Waals surface area contributed by atoms with E-state index in [1.165, 1.54) is 0 Å². The van der Waals surface area contributed by atoms with Crippen molar-refractivity contribution in [2.75, 3.05) is 0 Å². The van der Waals surface area contributed by atoms with Crippen LogP contribution in [0.15, 0.2) is 109 Å². The maximum atomic E-state index is 13.0. The molecule has 1 aliphatic carbocycles. The van der Waals surface area contributed by atoms with Crippen LogP contribution < -0.4 is 10.4 Å². The number of carboxylic acids is 1. The van der Waals surface area contributed by atoms with Gasteiger partial charge in [-0.1, -0.05) is 118 Å². The summed E-state index contributed by atoms with van der Waals surface area (Å²) in [5.74, 6) is -1.49. The summed E-state index contributed by atoms with van der Waals surface area (Å²) < 4.78 is 8.64. The second kappa shape index (κ2) is 14.8. The van der Waals surface area contributed by atoms with Crippen molar-refractivity contribution in [1.82, 2.24) is 4.98 Å². The van der Waals surface area contributed by atoms with E-state index >= 15 is 0 Å². The number of benzene rings is 3. The topological polar surface area (TPSA) is 96.7 Å². The van der Waals surface area contributed by atoms with E-state index in [9.17, 15) is 14.7 Å². The van der Waals surface area contributed by atoms with Gasteiger partial charge in [-0.15, -0.1) is 11.3 Å². The Hall–Kier alpha value is -3.69. The minimum absolute atomic E-state index is 0.0433. The molecule has 0 radical (unpaired) electrons. The molecule has 0 bridgehead atoms. The Morgan fingerprint density at radius 1 is 1.00 bits per heavy atom. The first-order valence-corrected chi connectivity index (χ1v) is 18.7. The van der Waals surface area contributed by atoms with Crippen molar-refractivity contribution in [1.29, 1.82) is 0 Å². The minimum Gasteiger partial charge on any atom is -0.481 e. The van der Waals surface area contributed by atoms with Gasteiger partial charge < -0.3 is 14.6 Å². The Morgan fingerprint density at radius 2 is 1.63 bits per heavy atom. The Morgan fingerprint density at radius 3 is 2.24 bits per heavy atom. The predicted molar refractivity (Wildman–Crippen MR) is 188 cm³/mol. The number of nitrogens with zero attached hydrogens (tertiary/aromatic N) is 1. The van der Waals surface area contributed by atoms with E-state index in [0.29, 0.717) is 19.3 Å². The molecule has 6 nitrogen and oxygen atoms in total. The second-order valence-electron chi connectivity index (χ2n) is 13.0. The number of allylic oxidation sites excluding steroid dienone is 2. The zero-order chi connectivity index (χ0) is 32.7. The molecule has 5 rings (SSSR count). The molecule has 2 N–H and O–H groups in total. The number of unbranched alkanes of at least 4 members (excludes halogenated alkanes) is 1. The highest BCUT2D eigenvalue weighted by Gasteiger charge is 2.52. The number of carbonyl (C=O) groups excluding carboxylic acids is 1. The van der Waals surface area contributed by atoms with Crippen LogP contribution in [0.3, 0.4) is 0 Å². The molecular formula is C38H43NO5SSi. The average molecular weight is 654 g/mol. The summed E-state index contributed by atoms with van der Waals surface area (Å²) in [6.07, 6.45) is 8.53. The molecule has 1 fully saturated rings. The van der Waals surface area contributed by atoms with Crippen molar-refractivity contribution < 1.29 is 24.2 Å². The molecular weight excluding hydrogens is 611 g/mol. The molecule has 4 atom stereocenters. The van der Waals surface area contributed by atoms with Gasteiger partial charge in [0.15, 0.2) is 0 Å². The van der Waals surface area contributed by atoms with E-state index < -0.39 is 26.5 Å². The van der Waals surface area contributed by atoms with Crippen molar-refractivity contribution in [3.05, 3.63) is 114 Å². The SMILES string of the molecule is CC(C)(C)[Si](O[C@H](C=C[C@H]1[C@H](O)CC(=O)[C@@H]1CC=CCCCC(=O)O)c1nc2ccccc2s1)(c1ccccc1)c1ccccc1. The third-order valence-corrected chi connectivity index (χ3v) is 14.9. The number of aliphatic carboxylic acids is 1. The van der Waals surface area contributed by atoms with Crippen LogP contribution in [0.25, 0.3) is 10.2 Å². The Bertz CT molecular complexity index is 1610. The first kappa shape index (κ1) is 33.7. The molecule has 1 heterocycles. The lowest BCUT2D eigenvalue weighted by atomic mass is 9.90. The van der Waals surface area contributed by atoms with Gasteiger partial charge in [-0.3, -0.25) is 9.59 Å². The first-order valence-electron chi connectivity index (χ1n) is 16.0. The smallest absolute Gasteiger partial charge is 0.303 e. The molecule has 0 unspecified atom stereocenters. The van der Waals surface area contributed by atoms with Crippen LogP contribution in [0, 0.1) is 11.8 Å². The third kappa shape index (κ3) is 7.47. The number of Topliss-reactive ketones (excluding diaryl/α,β-unsaturated/α-hetero) is 1. The fraction of sp³-hybridized carbons (Fsp3) is 0.342. The fourth-order valence-electron chi connectivity index (χ4n) is 6.55. The van der Waals surface area contributed by atoms with Gasteiger partial charge in [-0.25, -0.2) is 4.98 Å². The van der Waals surface area contributed by atoms with Crippen LogP contribution in [0.5, 0.6) is 0 Å². The van der Waals surface area contributed by atoms with E-state index in [0.717, 1.165) is 25.6 Å². The molecule has 8 heteroatoms. The highest BCUT2D eigenvalue weighted by molar-refractivity contribution is 7.18. The number of para-hydroxylation sites is 1. The van der Waals surface area contributed by atoms with Crippen LogP contribution >= 0.6 is 11.3 Å². The monoisotopic (exact) mass is 653 g/mol. The zero-order valence-electron chi connectivity index (χ0n) is 26.7. The highest BCUT2D eigenvalue weighted by atomic mass is 32.1. The van der Waals surface area contributed by atoms with Gasteiger partial charge >= 0.3 is 5.97 Å². The fourth-order valence-corrected chi connectivity index (χ4v) is 12.2. The van der Waals surface area contributed by atoms with Gasteiger partial charge in [0.2, 0.25) is 0 Å². The van der Waals surface area contributed by atoms with Crippen LogP contribution in [0.1, 0.15) is 64.0 Å². The lowest BCUT2D eigenvalue weighted by Gasteiger charge is -2.44. The van der Waals surface area contributed by atoms with E-state index in [4.69, 9.17) is 14.5 Å². The number of fused-ring (bicyclic) bond motifs is 1. The molecule has 46 heavy (non-hydrogen) atoms. The van der Waals surface area contributed by atoms with Crippen LogP contribution in [0.4, 0.5) is 0 Å². The van der Waals surface area contributed by atoms with E-state index in [1.54, 1.807) is 11.3 Å². The first-order chi connectivity index (χ1) is 22.1. The zero-order valence-corrected chi connectivity index (χ0v) is 28.5. The summed E-state index contributed by atoms with van der Waals surface area (Å²) >= 11 is 1.61. The van der Waals surface area contributed by atoms with E-state index in [-0.39, 0.29) is 35.5 Å². The lowest BCUT2D eigenvalue weighted by molar-refractivity contribution is -0.137. The van der Waals surface area contributed by atoms with Gasteiger partial charge in [-0.05, 0) is 46.8 Å². The second-order valence-corrected chi connectivity index (χ2v) is 18.3. The minimum atomic E-state index is -2.98. The lowest BCUT2D eigenvalue weighted by Crippen LogP contribution is -2.66. The standard InChI is InChI=1S/C38H43NO5SSi/c1-38(2,3)46(27-16-8-6-9-17-27,28-18-10-7-11-19-28)44-34(37-39-31-21-14-15-22-35(31)45-37)25-24-30-29(32(40)26-33(30)41)20-12-4-5-13-23-36(42)43/h4,6-12,14-19,21-22,24-25,29-30,33-34,41H,5,13,20,23,26H2,1-3H3,(H,42,43)/t29-,30-,33-,34-/m1/s1. The maximum Gasteiger partial charge on any atom is 0.303 e. The number of aromatic nitrogens is 1. The number of carbonyl (C=O) groups is 2. The van der Waals surface area contributed by atoms with Crippen LogP contribution in [0.2, 0.25) is 5.04 Å². The number of aliphatic hydroxyl groups excluding tert-OH is 1. The van der Waals surface area contributed by atoms with E-state index in [1.807, 2.05) is 54.6 Å². The number of carboxylic acid groups (broad SMARTS) is 1. The normalized spacial score (nSPS) is 19.8. The summed E-state index contributed by atoms with van der Waals surface area (Å²) in [6.45, 7) is 6.74. The highest BCUT2D eigenvalue weighted by Crippen LogP contribution is 2.42. The number of aliphatic hydroxyl groups is 1. The van der Waals surface area contributed by atoms with Gasteiger partial charge in [0.05, 0.1) is 16.3 Å². The molecule has 0 aliphatic heterocycles. The molecule has 1 saturated carbocycles. The molecule has 1 aliphatic rings. The van der Waals surface area contributed by atoms with Gasteiger partial charge in [0.25, 0.3) is 8.32 Å². The number of hydrogen-bond acceptors (Lipinski definition) is 6. The number of ketones is 1. The molecule has 1 aromatic heterocycles. The quantitative estimate of drug-likeness (QED) is 0.0898. The molecule has 240 valence electrons.